The summed E-state index contributed by atoms with van der Waals surface area (Å²) in [4.78, 5) is 9.62. The van der Waals surface area contributed by atoms with Gasteiger partial charge in [0.15, 0.2) is 5.75 Å². The summed E-state index contributed by atoms with van der Waals surface area (Å²) in [5.41, 5.74) is 5.37. The molecule has 13 heavy (non-hydrogen) atoms. The number of hydrogen-bond acceptors (Lipinski definition) is 3. The van der Waals surface area contributed by atoms with Gasteiger partial charge in [-0.2, -0.15) is 4.89 Å². The number of benzene rings is 1. The van der Waals surface area contributed by atoms with Crippen LogP contribution in [0.15, 0.2) is 18.2 Å². The quantitative estimate of drug-likeness (QED) is 0.445. The number of rotatable bonds is 3. The van der Waals surface area contributed by atoms with Gasteiger partial charge in [0.1, 0.15) is 5.82 Å². The lowest BCUT2D eigenvalue weighted by Gasteiger charge is -2.07. The Morgan fingerprint density at radius 3 is 2.62 bits per heavy atom. The van der Waals surface area contributed by atoms with E-state index < -0.39 is 5.82 Å². The van der Waals surface area contributed by atoms with Crippen molar-refractivity contribution < 1.29 is 14.2 Å². The molecule has 0 fully saturated rings. The lowest BCUT2D eigenvalue weighted by atomic mass is 10.3. The van der Waals surface area contributed by atoms with Gasteiger partial charge in [0, 0.05) is 6.07 Å². The first kappa shape index (κ1) is 9.80. The molecule has 0 aliphatic heterocycles. The molecular formula is C9H12FNO2. The van der Waals surface area contributed by atoms with Gasteiger partial charge < -0.3 is 10.6 Å². The van der Waals surface area contributed by atoms with Gasteiger partial charge in [-0.25, -0.2) is 4.39 Å². The second-order valence-corrected chi connectivity index (χ2v) is 2.91. The third kappa shape index (κ3) is 2.91. The predicted octanol–water partition coefficient (Wildman–Crippen LogP) is 2.13. The van der Waals surface area contributed by atoms with Crippen LogP contribution in [0.1, 0.15) is 13.8 Å². The van der Waals surface area contributed by atoms with E-state index >= 15 is 0 Å². The van der Waals surface area contributed by atoms with Crippen LogP contribution in [0.4, 0.5) is 10.1 Å². The number of anilines is 1. The highest BCUT2D eigenvalue weighted by atomic mass is 19.1. The van der Waals surface area contributed by atoms with Crippen LogP contribution in [0.5, 0.6) is 5.75 Å². The Morgan fingerprint density at radius 1 is 1.38 bits per heavy atom. The molecule has 3 nitrogen and oxygen atoms in total. The summed E-state index contributed by atoms with van der Waals surface area (Å²) in [7, 11) is 0. The van der Waals surface area contributed by atoms with Gasteiger partial charge in [-0.3, -0.25) is 0 Å². The van der Waals surface area contributed by atoms with Gasteiger partial charge in [-0.05, 0) is 26.0 Å². The molecule has 0 saturated heterocycles. The summed E-state index contributed by atoms with van der Waals surface area (Å²) in [6, 6.07) is 4.15. The van der Waals surface area contributed by atoms with Crippen molar-refractivity contribution in [1.29, 1.82) is 0 Å². The first-order chi connectivity index (χ1) is 6.09. The lowest BCUT2D eigenvalue weighted by molar-refractivity contribution is -0.234. The molecule has 0 unspecified atom stereocenters. The van der Waals surface area contributed by atoms with Crippen molar-refractivity contribution in [3.05, 3.63) is 24.0 Å². The zero-order valence-corrected chi connectivity index (χ0v) is 7.58. The zero-order valence-electron chi connectivity index (χ0n) is 7.58. The van der Waals surface area contributed by atoms with Crippen LogP contribution in [0, 0.1) is 5.82 Å². The highest BCUT2D eigenvalue weighted by Gasteiger charge is 2.02. The predicted molar refractivity (Wildman–Crippen MR) is 47.7 cm³/mol. The summed E-state index contributed by atoms with van der Waals surface area (Å²) in [5.74, 6) is -0.203. The molecule has 0 bridgehead atoms. The Balaban J connectivity index is 2.63. The summed E-state index contributed by atoms with van der Waals surface area (Å²) >= 11 is 0. The minimum absolute atomic E-state index is 0.0689. The first-order valence-corrected chi connectivity index (χ1v) is 3.98. The van der Waals surface area contributed by atoms with Crippen LogP contribution in [-0.4, -0.2) is 6.10 Å². The normalized spacial score (nSPS) is 10.5. The smallest absolute Gasteiger partial charge is 0.168 e. The van der Waals surface area contributed by atoms with E-state index in [1.54, 1.807) is 6.07 Å². The minimum Gasteiger partial charge on any atom is -0.396 e. The second kappa shape index (κ2) is 4.09. The Bertz CT molecular complexity index is 289. The summed E-state index contributed by atoms with van der Waals surface area (Å²) in [5, 5.41) is 0. The van der Waals surface area contributed by atoms with Gasteiger partial charge >= 0.3 is 0 Å². The maximum absolute atomic E-state index is 12.8. The fourth-order valence-electron chi connectivity index (χ4n) is 0.711. The van der Waals surface area contributed by atoms with Gasteiger partial charge in [0.2, 0.25) is 0 Å². The molecule has 72 valence electrons. The first-order valence-electron chi connectivity index (χ1n) is 3.98. The Morgan fingerprint density at radius 2 is 2.08 bits per heavy atom. The fraction of sp³-hybridized carbons (Fsp3) is 0.333. The molecule has 0 aliphatic carbocycles. The molecule has 1 aromatic rings. The summed E-state index contributed by atoms with van der Waals surface area (Å²) in [6.07, 6.45) is -0.0689. The lowest BCUT2D eigenvalue weighted by Crippen LogP contribution is -2.06. The second-order valence-electron chi connectivity index (χ2n) is 2.91. The van der Waals surface area contributed by atoms with Crippen LogP contribution in [-0.2, 0) is 4.89 Å². The van der Waals surface area contributed by atoms with E-state index in [2.05, 4.69) is 0 Å². The minimum atomic E-state index is -0.509. The average Bonchev–Trinajstić information content (AvgIpc) is 2.07. The number of hydrogen-bond donors (Lipinski definition) is 1. The number of nitrogen functional groups attached to an aromatic ring is 1. The van der Waals surface area contributed by atoms with Crippen LogP contribution in [0.25, 0.3) is 0 Å². The SMILES string of the molecule is CC(C)OOc1ccc(N)c(F)c1. The number of nitrogens with two attached hydrogens (primary N) is 1. The van der Waals surface area contributed by atoms with Crippen LogP contribution in [0.3, 0.4) is 0 Å². The largest absolute Gasteiger partial charge is 0.396 e. The topological polar surface area (TPSA) is 44.5 Å². The third-order valence-corrected chi connectivity index (χ3v) is 1.31. The molecule has 1 rings (SSSR count). The van der Waals surface area contributed by atoms with Crippen molar-refractivity contribution in [3.63, 3.8) is 0 Å². The molecular weight excluding hydrogens is 173 g/mol. The van der Waals surface area contributed by atoms with Crippen LogP contribution >= 0.6 is 0 Å². The molecule has 0 aromatic heterocycles. The van der Waals surface area contributed by atoms with Gasteiger partial charge in [-0.15, -0.1) is 0 Å². The van der Waals surface area contributed by atoms with E-state index in [0.717, 1.165) is 0 Å². The van der Waals surface area contributed by atoms with Gasteiger partial charge in [0.05, 0.1) is 11.8 Å². The standard InChI is InChI=1S/C9H12FNO2/c1-6(2)12-13-7-3-4-9(11)8(10)5-7/h3-6H,11H2,1-2H3. The van der Waals surface area contributed by atoms with Crippen molar-refractivity contribution in [3.8, 4) is 5.75 Å². The van der Waals surface area contributed by atoms with E-state index in [0.29, 0.717) is 5.75 Å². The maximum Gasteiger partial charge on any atom is 0.168 e. The highest BCUT2D eigenvalue weighted by Crippen LogP contribution is 2.18. The van der Waals surface area contributed by atoms with Crippen LogP contribution < -0.4 is 10.6 Å². The average molecular weight is 185 g/mol. The van der Waals surface area contributed by atoms with Crippen molar-refractivity contribution in [2.45, 2.75) is 20.0 Å². The summed E-state index contributed by atoms with van der Waals surface area (Å²) in [6.45, 7) is 3.63. The molecule has 0 atom stereocenters. The summed E-state index contributed by atoms with van der Waals surface area (Å²) < 4.78 is 12.8. The molecule has 0 heterocycles. The molecule has 2 N–H and O–H groups in total. The zero-order chi connectivity index (χ0) is 9.84. The molecule has 0 aliphatic rings. The van der Waals surface area contributed by atoms with E-state index in [1.165, 1.54) is 12.1 Å². The van der Waals surface area contributed by atoms with Crippen molar-refractivity contribution in [2.24, 2.45) is 0 Å². The molecule has 0 radical (unpaired) electrons. The van der Waals surface area contributed by atoms with Crippen molar-refractivity contribution in [1.82, 2.24) is 0 Å². The van der Waals surface area contributed by atoms with E-state index in [4.69, 9.17) is 15.5 Å². The van der Waals surface area contributed by atoms with Gasteiger partial charge in [0.25, 0.3) is 0 Å². The molecule has 0 spiro atoms. The van der Waals surface area contributed by atoms with E-state index in [1.807, 2.05) is 13.8 Å². The van der Waals surface area contributed by atoms with Crippen molar-refractivity contribution >= 4 is 5.69 Å². The Kier molecular flexibility index (Phi) is 3.08. The van der Waals surface area contributed by atoms with E-state index in [-0.39, 0.29) is 11.8 Å². The van der Waals surface area contributed by atoms with Crippen molar-refractivity contribution in [2.75, 3.05) is 5.73 Å². The maximum atomic E-state index is 12.8. The monoisotopic (exact) mass is 185 g/mol. The molecule has 1 aromatic carbocycles. The molecule has 0 saturated carbocycles. The highest BCUT2D eigenvalue weighted by molar-refractivity contribution is 5.43. The van der Waals surface area contributed by atoms with Crippen LogP contribution in [0.2, 0.25) is 0 Å². The fourth-order valence-corrected chi connectivity index (χ4v) is 0.711. The molecule has 4 heteroatoms. The van der Waals surface area contributed by atoms with E-state index in [9.17, 15) is 4.39 Å². The molecule has 0 amide bonds. The Hall–Kier alpha value is -1.29. The Labute approximate surface area is 76.2 Å². The van der Waals surface area contributed by atoms with Gasteiger partial charge in [-0.1, -0.05) is 0 Å². The number of halogens is 1. The third-order valence-electron chi connectivity index (χ3n) is 1.31.